The molecular formula is C18H41Cl3O2. The van der Waals surface area contributed by atoms with Crippen molar-refractivity contribution in [2.24, 2.45) is 0 Å². The van der Waals surface area contributed by atoms with Gasteiger partial charge >= 0.3 is 0 Å². The molecule has 0 amide bonds. The highest BCUT2D eigenvalue weighted by atomic mass is 35.6. The number of hydrogen-bond donors (Lipinski definition) is 1. The summed E-state index contributed by atoms with van der Waals surface area (Å²) in [5.41, 5.74) is 0. The molecule has 2 nitrogen and oxygen atoms in total. The van der Waals surface area contributed by atoms with E-state index in [9.17, 15) is 4.79 Å². The number of carbonyl (C=O) groups is 1. The minimum atomic E-state index is -0.750. The molecule has 0 bridgehead atoms. The number of ketones is 1. The maximum Gasteiger partial charge on any atom is 0.180 e. The first kappa shape index (κ1) is 34.8. The molecule has 0 aromatic rings. The van der Waals surface area contributed by atoms with Gasteiger partial charge in [-0.15, -0.1) is 0 Å². The number of aliphatic hydroxyl groups excluding tert-OH is 1. The summed E-state index contributed by atoms with van der Waals surface area (Å²) >= 11 is 14.4. The van der Waals surface area contributed by atoms with Gasteiger partial charge < -0.3 is 9.90 Å². The van der Waals surface area contributed by atoms with Crippen molar-refractivity contribution >= 4 is 40.6 Å². The van der Waals surface area contributed by atoms with Gasteiger partial charge in [0.2, 0.25) is 0 Å². The summed E-state index contributed by atoms with van der Waals surface area (Å²) in [7, 11) is 1.00. The predicted octanol–water partition coefficient (Wildman–Crippen LogP) is 7.75. The van der Waals surface area contributed by atoms with Crippen LogP contribution in [0.4, 0.5) is 0 Å². The van der Waals surface area contributed by atoms with Crippen molar-refractivity contribution in [3.05, 3.63) is 0 Å². The van der Waals surface area contributed by atoms with Gasteiger partial charge in [0.25, 0.3) is 0 Å². The van der Waals surface area contributed by atoms with Gasteiger partial charge in [-0.3, -0.25) is 0 Å². The van der Waals surface area contributed by atoms with Crippen LogP contribution >= 0.6 is 34.8 Å². The Bertz CT molecular complexity index is 152. The van der Waals surface area contributed by atoms with E-state index in [4.69, 9.17) is 39.9 Å². The van der Waals surface area contributed by atoms with Crippen LogP contribution < -0.4 is 0 Å². The molecule has 0 saturated heterocycles. The number of rotatable bonds is 7. The highest BCUT2D eigenvalue weighted by Crippen LogP contribution is 2.03. The van der Waals surface area contributed by atoms with Crippen LogP contribution in [0.3, 0.4) is 0 Å². The van der Waals surface area contributed by atoms with Crippen molar-refractivity contribution in [1.29, 1.82) is 0 Å². The van der Waals surface area contributed by atoms with Crippen LogP contribution in [-0.4, -0.2) is 22.3 Å². The maximum atomic E-state index is 9.44. The fourth-order valence-electron chi connectivity index (χ4n) is 1.18. The van der Waals surface area contributed by atoms with E-state index in [0.29, 0.717) is 0 Å². The van der Waals surface area contributed by atoms with Crippen molar-refractivity contribution in [1.82, 2.24) is 0 Å². The Kier molecular flexibility index (Phi) is 65.4. The van der Waals surface area contributed by atoms with Crippen LogP contribution in [0.1, 0.15) is 99.3 Å². The number of hydrogen-bond acceptors (Lipinski definition) is 2. The van der Waals surface area contributed by atoms with Gasteiger partial charge in [0, 0.05) is 7.11 Å². The first-order valence-electron chi connectivity index (χ1n) is 8.63. The average molecular weight is 396 g/mol. The summed E-state index contributed by atoms with van der Waals surface area (Å²) in [6.45, 7) is 12.0. The summed E-state index contributed by atoms with van der Waals surface area (Å²) in [6.07, 6.45) is 12.5. The van der Waals surface area contributed by atoms with E-state index in [1.807, 2.05) is 0 Å². The zero-order valence-corrected chi connectivity index (χ0v) is 18.7. The Balaban J connectivity index is -0.0000000620. The molecule has 0 aromatic carbocycles. The quantitative estimate of drug-likeness (QED) is 0.353. The molecule has 0 fully saturated rings. The number of aliphatic hydroxyl groups is 1. The SMILES string of the molecule is CC(C)=O.CCCCCC.CCCCCCC.CO.ClC(Cl)Cl. The minimum Gasteiger partial charge on any atom is -0.400 e. The van der Waals surface area contributed by atoms with E-state index in [-0.39, 0.29) is 5.78 Å². The molecule has 5 heteroatoms. The smallest absolute Gasteiger partial charge is 0.180 e. The van der Waals surface area contributed by atoms with E-state index >= 15 is 0 Å². The molecule has 0 rings (SSSR count). The van der Waals surface area contributed by atoms with Gasteiger partial charge in [-0.25, -0.2) is 0 Å². The number of halogens is 3. The largest absolute Gasteiger partial charge is 0.400 e. The topological polar surface area (TPSA) is 37.3 Å². The van der Waals surface area contributed by atoms with Crippen molar-refractivity contribution in [3.8, 4) is 0 Å². The standard InChI is InChI=1S/C7H16.C6H14.C3H6O.CHCl3.CH4O/c1-3-5-7-6-4-2;1-3-5-6-4-2;1-3(2)4;2-1(3)4;1-2/h3-7H2,1-2H3;3-6H2,1-2H3;1-2H3;1H;2H,1H3. The predicted molar refractivity (Wildman–Crippen MR) is 110 cm³/mol. The molecule has 0 saturated carbocycles. The number of unbranched alkanes of at least 4 members (excludes halogenated alkanes) is 7. The fourth-order valence-corrected chi connectivity index (χ4v) is 1.18. The van der Waals surface area contributed by atoms with E-state index in [1.54, 1.807) is 0 Å². The molecular weight excluding hydrogens is 355 g/mol. The molecule has 0 heterocycles. The Morgan fingerprint density at radius 3 is 0.957 bits per heavy atom. The summed E-state index contributed by atoms with van der Waals surface area (Å²) in [6, 6.07) is 0. The van der Waals surface area contributed by atoms with E-state index in [1.165, 1.54) is 71.6 Å². The molecule has 146 valence electrons. The third-order valence-corrected chi connectivity index (χ3v) is 2.16. The van der Waals surface area contributed by atoms with Crippen molar-refractivity contribution in [2.45, 2.75) is 104 Å². The lowest BCUT2D eigenvalue weighted by Gasteiger charge is -1.90. The second-order valence-electron chi connectivity index (χ2n) is 4.92. The van der Waals surface area contributed by atoms with Crippen molar-refractivity contribution in [3.63, 3.8) is 0 Å². The number of carbonyl (C=O) groups excluding carboxylic acids is 1. The molecule has 0 spiro atoms. The molecule has 0 radical (unpaired) electrons. The zero-order chi connectivity index (χ0) is 19.5. The third kappa shape index (κ3) is 168. The van der Waals surface area contributed by atoms with Crippen molar-refractivity contribution in [2.75, 3.05) is 7.11 Å². The summed E-state index contributed by atoms with van der Waals surface area (Å²) in [5.74, 6) is 0.167. The first-order chi connectivity index (χ1) is 10.8. The molecule has 0 aliphatic carbocycles. The van der Waals surface area contributed by atoms with Gasteiger partial charge in [-0.1, -0.05) is 120 Å². The van der Waals surface area contributed by atoms with Crippen LogP contribution in [0.5, 0.6) is 0 Å². The van der Waals surface area contributed by atoms with Gasteiger partial charge in [-0.2, -0.15) is 0 Å². The lowest BCUT2D eigenvalue weighted by atomic mass is 10.2. The van der Waals surface area contributed by atoms with Gasteiger partial charge in [0.1, 0.15) is 5.78 Å². The van der Waals surface area contributed by atoms with Gasteiger partial charge in [0.15, 0.2) is 4.30 Å². The van der Waals surface area contributed by atoms with Gasteiger partial charge in [-0.05, 0) is 13.8 Å². The highest BCUT2D eigenvalue weighted by molar-refractivity contribution is 6.63. The zero-order valence-electron chi connectivity index (χ0n) is 16.4. The van der Waals surface area contributed by atoms with Crippen LogP contribution in [0.25, 0.3) is 0 Å². The molecule has 0 aliphatic rings. The average Bonchev–Trinajstić information content (AvgIpc) is 2.47. The second kappa shape index (κ2) is 43.3. The number of alkyl halides is 3. The highest BCUT2D eigenvalue weighted by Gasteiger charge is 1.80. The molecule has 0 atom stereocenters. The van der Waals surface area contributed by atoms with Crippen LogP contribution in [0.15, 0.2) is 0 Å². The Hall–Kier alpha value is 0.500. The second-order valence-corrected chi connectivity index (χ2v) is 6.90. The van der Waals surface area contributed by atoms with Crippen molar-refractivity contribution < 1.29 is 9.90 Å². The molecule has 23 heavy (non-hydrogen) atoms. The van der Waals surface area contributed by atoms with Gasteiger partial charge in [0.05, 0.1) is 0 Å². The normalized spacial score (nSPS) is 8.17. The Morgan fingerprint density at radius 1 is 0.696 bits per heavy atom. The summed E-state index contributed by atoms with van der Waals surface area (Å²) < 4.78 is -0.750. The lowest BCUT2D eigenvalue weighted by molar-refractivity contribution is -0.114. The Morgan fingerprint density at radius 2 is 0.826 bits per heavy atom. The van der Waals surface area contributed by atoms with Crippen LogP contribution in [0.2, 0.25) is 0 Å². The molecule has 0 unspecified atom stereocenters. The molecule has 0 aliphatic heterocycles. The molecule has 0 aromatic heterocycles. The van der Waals surface area contributed by atoms with E-state index in [0.717, 1.165) is 7.11 Å². The summed E-state index contributed by atoms with van der Waals surface area (Å²) in [4.78, 5) is 9.44. The minimum absolute atomic E-state index is 0.167. The first-order valence-corrected chi connectivity index (χ1v) is 9.94. The monoisotopic (exact) mass is 394 g/mol. The van der Waals surface area contributed by atoms with Crippen LogP contribution in [0, 0.1) is 0 Å². The fraction of sp³-hybridized carbons (Fsp3) is 0.944. The van der Waals surface area contributed by atoms with E-state index < -0.39 is 4.30 Å². The number of Topliss-reactive ketones (excluding diaryl/α,β-unsaturated/α-hetero) is 1. The molecule has 1 N–H and O–H groups in total. The third-order valence-electron chi connectivity index (χ3n) is 2.16. The summed E-state index contributed by atoms with van der Waals surface area (Å²) in [5, 5.41) is 7.00. The van der Waals surface area contributed by atoms with E-state index in [2.05, 4.69) is 27.7 Å². The van der Waals surface area contributed by atoms with Crippen LogP contribution in [-0.2, 0) is 4.79 Å². The maximum absolute atomic E-state index is 9.44. The Labute approximate surface area is 161 Å². The lowest BCUT2D eigenvalue weighted by Crippen LogP contribution is -1.70.